The maximum atomic E-state index is 11.9. The highest BCUT2D eigenvalue weighted by Gasteiger charge is 2.10. The average molecular weight is 367 g/mol. The molecule has 0 saturated carbocycles. The maximum absolute atomic E-state index is 11.9. The molecule has 0 saturated heterocycles. The third-order valence-corrected chi connectivity index (χ3v) is 4.05. The molecule has 0 radical (unpaired) electrons. The van der Waals surface area contributed by atoms with Crippen LogP contribution in [0.3, 0.4) is 0 Å². The molecule has 0 fully saturated rings. The van der Waals surface area contributed by atoms with Gasteiger partial charge in [-0.05, 0) is 41.0 Å². The molecule has 0 unspecified atom stereocenters. The molecular weight excluding hydrogens is 347 g/mol. The molecule has 0 aromatic heterocycles. The van der Waals surface area contributed by atoms with Crippen LogP contribution in [0.1, 0.15) is 23.1 Å². The number of carbonyl (C=O) groups excluding carboxylic acids is 1. The Morgan fingerprint density at radius 3 is 2.67 bits per heavy atom. The van der Waals surface area contributed by atoms with Crippen molar-refractivity contribution in [3.8, 4) is 5.75 Å². The van der Waals surface area contributed by atoms with Crippen LogP contribution in [0.5, 0.6) is 5.75 Å². The highest BCUT2D eigenvalue weighted by Crippen LogP contribution is 2.17. The first-order valence-corrected chi connectivity index (χ1v) is 8.05. The smallest absolute Gasteiger partial charge is 0.223 e. The molecule has 2 aromatic carbocycles. The van der Waals surface area contributed by atoms with Crippen LogP contribution in [-0.4, -0.2) is 12.5 Å². The SMILES string of the molecule is Cl.O=C(CCOc1ccc(Cl)cc1)NCc1ccc2c(c1)CNC2. The summed E-state index contributed by atoms with van der Waals surface area (Å²) in [5.41, 5.74) is 3.79. The van der Waals surface area contributed by atoms with Gasteiger partial charge in [-0.2, -0.15) is 0 Å². The number of amides is 1. The first kappa shape index (κ1) is 18.6. The van der Waals surface area contributed by atoms with Gasteiger partial charge in [-0.15, -0.1) is 12.4 Å². The van der Waals surface area contributed by atoms with E-state index in [9.17, 15) is 4.79 Å². The van der Waals surface area contributed by atoms with Gasteiger partial charge < -0.3 is 15.4 Å². The summed E-state index contributed by atoms with van der Waals surface area (Å²) in [5, 5.41) is 6.91. The van der Waals surface area contributed by atoms with Crippen molar-refractivity contribution in [2.45, 2.75) is 26.1 Å². The second-order valence-electron chi connectivity index (χ2n) is 5.54. The van der Waals surface area contributed by atoms with Gasteiger partial charge in [0.15, 0.2) is 0 Å². The Labute approximate surface area is 153 Å². The van der Waals surface area contributed by atoms with Crippen molar-refractivity contribution in [2.24, 2.45) is 0 Å². The number of nitrogens with one attached hydrogen (secondary N) is 2. The van der Waals surface area contributed by atoms with Gasteiger partial charge in [0.2, 0.25) is 5.91 Å². The van der Waals surface area contributed by atoms with Crippen LogP contribution in [0.2, 0.25) is 5.02 Å². The Bertz CT molecular complexity index is 690. The summed E-state index contributed by atoms with van der Waals surface area (Å²) in [7, 11) is 0. The van der Waals surface area contributed by atoms with Gasteiger partial charge in [0.1, 0.15) is 5.75 Å². The number of hydrogen-bond acceptors (Lipinski definition) is 3. The molecule has 6 heteroatoms. The maximum Gasteiger partial charge on any atom is 0.223 e. The third kappa shape index (κ3) is 5.13. The van der Waals surface area contributed by atoms with Crippen molar-refractivity contribution < 1.29 is 9.53 Å². The van der Waals surface area contributed by atoms with E-state index in [0.29, 0.717) is 30.3 Å². The Kier molecular flexibility index (Phi) is 6.91. The van der Waals surface area contributed by atoms with Crippen LogP contribution < -0.4 is 15.4 Å². The van der Waals surface area contributed by atoms with Crippen molar-refractivity contribution in [3.63, 3.8) is 0 Å². The fraction of sp³-hybridized carbons (Fsp3) is 0.278. The molecule has 1 aliphatic rings. The van der Waals surface area contributed by atoms with Gasteiger partial charge in [0, 0.05) is 24.7 Å². The molecule has 0 bridgehead atoms. The van der Waals surface area contributed by atoms with E-state index < -0.39 is 0 Å². The Hall–Kier alpha value is -1.75. The van der Waals surface area contributed by atoms with Crippen molar-refractivity contribution in [1.29, 1.82) is 0 Å². The molecule has 4 nitrogen and oxygen atoms in total. The zero-order valence-electron chi connectivity index (χ0n) is 13.2. The van der Waals surface area contributed by atoms with Gasteiger partial charge in [-0.25, -0.2) is 0 Å². The number of halogens is 2. The minimum absolute atomic E-state index is 0. The molecule has 0 spiro atoms. The second kappa shape index (κ2) is 8.92. The molecule has 1 heterocycles. The van der Waals surface area contributed by atoms with E-state index in [0.717, 1.165) is 18.7 Å². The Balaban J connectivity index is 0.00000208. The molecule has 3 rings (SSSR count). The van der Waals surface area contributed by atoms with E-state index in [1.54, 1.807) is 24.3 Å². The standard InChI is InChI=1S/C18H19ClN2O2.ClH/c19-16-3-5-17(6-4-16)23-8-7-18(22)21-10-13-1-2-14-11-20-12-15(14)9-13;/h1-6,9,20H,7-8,10-12H2,(H,21,22);1H. The van der Waals surface area contributed by atoms with Gasteiger partial charge in [-0.3, -0.25) is 4.79 Å². The van der Waals surface area contributed by atoms with E-state index in [1.807, 2.05) is 0 Å². The lowest BCUT2D eigenvalue weighted by atomic mass is 10.1. The van der Waals surface area contributed by atoms with Crippen LogP contribution >= 0.6 is 24.0 Å². The summed E-state index contributed by atoms with van der Waals surface area (Å²) in [6, 6.07) is 13.5. The normalized spacial score (nSPS) is 12.2. The fourth-order valence-electron chi connectivity index (χ4n) is 2.54. The highest BCUT2D eigenvalue weighted by atomic mass is 35.5. The Morgan fingerprint density at radius 2 is 1.88 bits per heavy atom. The predicted molar refractivity (Wildman–Crippen MR) is 97.6 cm³/mol. The van der Waals surface area contributed by atoms with Gasteiger partial charge >= 0.3 is 0 Å². The van der Waals surface area contributed by atoms with E-state index in [-0.39, 0.29) is 18.3 Å². The minimum Gasteiger partial charge on any atom is -0.493 e. The third-order valence-electron chi connectivity index (χ3n) is 3.80. The zero-order valence-corrected chi connectivity index (χ0v) is 14.8. The van der Waals surface area contributed by atoms with Crippen molar-refractivity contribution in [2.75, 3.05) is 6.61 Å². The van der Waals surface area contributed by atoms with Crippen molar-refractivity contribution >= 4 is 29.9 Å². The van der Waals surface area contributed by atoms with Crippen LogP contribution in [0, 0.1) is 0 Å². The van der Waals surface area contributed by atoms with Gasteiger partial charge in [0.05, 0.1) is 13.0 Å². The van der Waals surface area contributed by atoms with Gasteiger partial charge in [-0.1, -0.05) is 29.8 Å². The van der Waals surface area contributed by atoms with Crippen LogP contribution in [0.4, 0.5) is 0 Å². The molecule has 2 aromatic rings. The number of hydrogen-bond donors (Lipinski definition) is 2. The Morgan fingerprint density at radius 1 is 1.12 bits per heavy atom. The predicted octanol–water partition coefficient (Wildman–Crippen LogP) is 3.45. The quantitative estimate of drug-likeness (QED) is 0.822. The lowest BCUT2D eigenvalue weighted by Crippen LogP contribution is -2.24. The van der Waals surface area contributed by atoms with E-state index in [4.69, 9.17) is 16.3 Å². The number of ether oxygens (including phenoxy) is 1. The first-order chi connectivity index (χ1) is 11.2. The molecule has 2 N–H and O–H groups in total. The lowest BCUT2D eigenvalue weighted by Gasteiger charge is -2.08. The van der Waals surface area contributed by atoms with Crippen LogP contribution in [0.25, 0.3) is 0 Å². The van der Waals surface area contributed by atoms with Crippen molar-refractivity contribution in [1.82, 2.24) is 10.6 Å². The summed E-state index contributed by atoms with van der Waals surface area (Å²) >= 11 is 5.81. The molecule has 1 aliphatic heterocycles. The van der Waals surface area contributed by atoms with Gasteiger partial charge in [0.25, 0.3) is 0 Å². The summed E-state index contributed by atoms with van der Waals surface area (Å²) in [6.07, 6.45) is 0.328. The number of carbonyl (C=O) groups is 1. The molecule has 1 amide bonds. The van der Waals surface area contributed by atoms with E-state index in [2.05, 4.69) is 28.8 Å². The fourth-order valence-corrected chi connectivity index (χ4v) is 2.67. The summed E-state index contributed by atoms with van der Waals surface area (Å²) in [5.74, 6) is 0.700. The topological polar surface area (TPSA) is 50.4 Å². The van der Waals surface area contributed by atoms with E-state index >= 15 is 0 Å². The largest absolute Gasteiger partial charge is 0.493 e. The van der Waals surface area contributed by atoms with Crippen LogP contribution in [0.15, 0.2) is 42.5 Å². The summed E-state index contributed by atoms with van der Waals surface area (Å²) in [4.78, 5) is 11.9. The molecule has 128 valence electrons. The number of fused-ring (bicyclic) bond motifs is 1. The molecule has 24 heavy (non-hydrogen) atoms. The van der Waals surface area contributed by atoms with E-state index in [1.165, 1.54) is 11.1 Å². The molecular formula is C18H20Cl2N2O2. The lowest BCUT2D eigenvalue weighted by molar-refractivity contribution is -0.121. The average Bonchev–Trinajstić information content (AvgIpc) is 3.02. The van der Waals surface area contributed by atoms with Crippen molar-refractivity contribution in [3.05, 3.63) is 64.2 Å². The highest BCUT2D eigenvalue weighted by molar-refractivity contribution is 6.30. The van der Waals surface area contributed by atoms with Crippen LogP contribution in [-0.2, 0) is 24.4 Å². The first-order valence-electron chi connectivity index (χ1n) is 7.67. The zero-order chi connectivity index (χ0) is 16.1. The molecule has 0 aliphatic carbocycles. The number of benzene rings is 2. The number of rotatable bonds is 6. The minimum atomic E-state index is -0.0161. The summed E-state index contributed by atoms with van der Waals surface area (Å²) < 4.78 is 5.52. The summed E-state index contributed by atoms with van der Waals surface area (Å²) in [6.45, 7) is 2.74. The molecule has 0 atom stereocenters. The monoisotopic (exact) mass is 366 g/mol. The second-order valence-corrected chi connectivity index (χ2v) is 5.97.